The summed E-state index contributed by atoms with van der Waals surface area (Å²) in [5.74, 6) is 0.957. The minimum Gasteiger partial charge on any atom is -0.352 e. The second-order valence-electron chi connectivity index (χ2n) is 5.70. The molecule has 2 atom stereocenters. The van der Waals surface area contributed by atoms with Gasteiger partial charge in [0.25, 0.3) is 0 Å². The Morgan fingerprint density at radius 3 is 2.59 bits per heavy atom. The van der Waals surface area contributed by atoms with E-state index in [0.29, 0.717) is 6.04 Å². The number of rotatable bonds is 3. The summed E-state index contributed by atoms with van der Waals surface area (Å²) in [6.45, 7) is 3.15. The number of carbonyl (C=O) groups excluding carboxylic acids is 1. The van der Waals surface area contributed by atoms with Gasteiger partial charge in [-0.05, 0) is 45.1 Å². The molecule has 1 aliphatic heterocycles. The van der Waals surface area contributed by atoms with E-state index in [0.717, 1.165) is 18.9 Å². The Bertz CT molecular complexity index is 243. The van der Waals surface area contributed by atoms with E-state index in [4.69, 9.17) is 0 Å². The normalized spacial score (nSPS) is 28.6. The summed E-state index contributed by atoms with van der Waals surface area (Å²) in [7, 11) is 0. The van der Waals surface area contributed by atoms with Crippen LogP contribution in [0.4, 0.5) is 0 Å². The third-order valence-corrected chi connectivity index (χ3v) is 4.35. The molecular weight excluding hydrogens is 212 g/mol. The van der Waals surface area contributed by atoms with E-state index in [1.165, 1.54) is 44.9 Å². The topological polar surface area (TPSA) is 41.1 Å². The first kappa shape index (κ1) is 12.9. The summed E-state index contributed by atoms with van der Waals surface area (Å²) in [6.07, 6.45) is 9.91. The summed E-state index contributed by atoms with van der Waals surface area (Å²) >= 11 is 0. The first-order valence-electron chi connectivity index (χ1n) is 7.31. The van der Waals surface area contributed by atoms with E-state index in [1.54, 1.807) is 0 Å². The molecule has 1 saturated heterocycles. The van der Waals surface area contributed by atoms with Gasteiger partial charge in [0.2, 0.25) is 5.91 Å². The van der Waals surface area contributed by atoms with Gasteiger partial charge in [-0.1, -0.05) is 25.7 Å². The molecule has 98 valence electrons. The van der Waals surface area contributed by atoms with Crippen molar-refractivity contribution in [3.8, 4) is 0 Å². The lowest BCUT2D eigenvalue weighted by atomic mass is 9.80. The average Bonchev–Trinajstić information content (AvgIpc) is 2.12. The Balaban J connectivity index is 1.76. The fraction of sp³-hybridized carbons (Fsp3) is 0.929. The minimum absolute atomic E-state index is 0.0535. The van der Waals surface area contributed by atoms with E-state index in [9.17, 15) is 4.79 Å². The zero-order valence-corrected chi connectivity index (χ0v) is 11.0. The van der Waals surface area contributed by atoms with Gasteiger partial charge >= 0.3 is 0 Å². The highest BCUT2D eigenvalue weighted by Gasteiger charge is 2.27. The van der Waals surface area contributed by atoms with Crippen LogP contribution >= 0.6 is 0 Å². The zero-order valence-electron chi connectivity index (χ0n) is 11.0. The van der Waals surface area contributed by atoms with E-state index in [1.807, 2.05) is 0 Å². The van der Waals surface area contributed by atoms with Crippen LogP contribution in [0.2, 0.25) is 0 Å². The van der Waals surface area contributed by atoms with Gasteiger partial charge in [-0.25, -0.2) is 0 Å². The molecule has 0 aromatic carbocycles. The molecule has 3 heteroatoms. The van der Waals surface area contributed by atoms with Crippen molar-refractivity contribution in [2.24, 2.45) is 5.92 Å². The van der Waals surface area contributed by atoms with Gasteiger partial charge in [0.1, 0.15) is 0 Å². The lowest BCUT2D eigenvalue weighted by Crippen LogP contribution is -2.50. The summed E-state index contributed by atoms with van der Waals surface area (Å²) in [5, 5.41) is 6.59. The van der Waals surface area contributed by atoms with E-state index in [2.05, 4.69) is 17.6 Å². The molecule has 0 aromatic heterocycles. The molecule has 2 N–H and O–H groups in total. The lowest BCUT2D eigenvalue weighted by Gasteiger charge is -2.33. The van der Waals surface area contributed by atoms with Crippen LogP contribution in [0.3, 0.4) is 0 Å². The highest BCUT2D eigenvalue weighted by Crippen LogP contribution is 2.29. The highest BCUT2D eigenvalue weighted by molar-refractivity contribution is 5.82. The van der Waals surface area contributed by atoms with Crippen LogP contribution in [0.15, 0.2) is 0 Å². The van der Waals surface area contributed by atoms with Crippen molar-refractivity contribution >= 4 is 5.91 Å². The fourth-order valence-electron chi connectivity index (χ4n) is 2.81. The third kappa shape index (κ3) is 3.70. The van der Waals surface area contributed by atoms with Crippen LogP contribution in [0.25, 0.3) is 0 Å². The Hall–Kier alpha value is -0.570. The molecule has 1 heterocycles. The van der Waals surface area contributed by atoms with Crippen molar-refractivity contribution in [1.82, 2.24) is 10.6 Å². The summed E-state index contributed by atoms with van der Waals surface area (Å²) in [5.41, 5.74) is 0. The van der Waals surface area contributed by atoms with Crippen LogP contribution in [0, 0.1) is 5.92 Å². The van der Waals surface area contributed by atoms with Crippen molar-refractivity contribution < 1.29 is 4.79 Å². The van der Waals surface area contributed by atoms with Gasteiger partial charge in [-0.2, -0.15) is 0 Å². The maximum Gasteiger partial charge on any atom is 0.237 e. The molecule has 1 amide bonds. The van der Waals surface area contributed by atoms with Crippen LogP contribution in [0.1, 0.15) is 58.3 Å². The molecule has 2 rings (SSSR count). The predicted octanol–water partition coefficient (Wildman–Crippen LogP) is 2.21. The van der Waals surface area contributed by atoms with Crippen molar-refractivity contribution in [3.63, 3.8) is 0 Å². The summed E-state index contributed by atoms with van der Waals surface area (Å²) < 4.78 is 0. The molecule has 2 aliphatic rings. The smallest absolute Gasteiger partial charge is 0.237 e. The van der Waals surface area contributed by atoms with Crippen molar-refractivity contribution in [1.29, 1.82) is 0 Å². The molecule has 1 aliphatic carbocycles. The zero-order chi connectivity index (χ0) is 12.1. The quantitative estimate of drug-likeness (QED) is 0.791. The van der Waals surface area contributed by atoms with Gasteiger partial charge < -0.3 is 10.6 Å². The summed E-state index contributed by atoms with van der Waals surface area (Å²) in [6, 6.07) is 0.418. The standard InChI is InChI=1S/C14H26N2O/c1-11(12-7-6-8-12)16-14(17)13-9-4-2-3-5-10-15-13/h11-13,15H,2-10H2,1H3,(H,16,17). The lowest BCUT2D eigenvalue weighted by molar-refractivity contribution is -0.124. The number of hydrogen-bond acceptors (Lipinski definition) is 2. The SMILES string of the molecule is CC(NC(=O)C1CCCCCCN1)C1CCC1. The maximum atomic E-state index is 12.1. The van der Waals surface area contributed by atoms with Crippen LogP contribution in [-0.2, 0) is 4.79 Å². The molecule has 0 bridgehead atoms. The van der Waals surface area contributed by atoms with Gasteiger partial charge in [0.15, 0.2) is 0 Å². The molecule has 0 aromatic rings. The van der Waals surface area contributed by atoms with Gasteiger partial charge in [-0.3, -0.25) is 4.79 Å². The number of hydrogen-bond donors (Lipinski definition) is 2. The highest BCUT2D eigenvalue weighted by atomic mass is 16.2. The Morgan fingerprint density at radius 1 is 1.12 bits per heavy atom. The van der Waals surface area contributed by atoms with Crippen molar-refractivity contribution in [2.45, 2.75) is 70.4 Å². The van der Waals surface area contributed by atoms with E-state index in [-0.39, 0.29) is 11.9 Å². The predicted molar refractivity (Wildman–Crippen MR) is 69.8 cm³/mol. The van der Waals surface area contributed by atoms with Crippen molar-refractivity contribution in [2.75, 3.05) is 6.54 Å². The molecule has 2 fully saturated rings. The number of nitrogens with one attached hydrogen (secondary N) is 2. The monoisotopic (exact) mass is 238 g/mol. The Morgan fingerprint density at radius 2 is 1.88 bits per heavy atom. The third-order valence-electron chi connectivity index (χ3n) is 4.35. The second-order valence-corrected chi connectivity index (χ2v) is 5.70. The fourth-order valence-corrected chi connectivity index (χ4v) is 2.81. The number of amides is 1. The average molecular weight is 238 g/mol. The van der Waals surface area contributed by atoms with Crippen molar-refractivity contribution in [3.05, 3.63) is 0 Å². The molecule has 17 heavy (non-hydrogen) atoms. The molecule has 2 unspecified atom stereocenters. The van der Waals surface area contributed by atoms with Gasteiger partial charge in [-0.15, -0.1) is 0 Å². The molecule has 3 nitrogen and oxygen atoms in total. The number of carbonyl (C=O) groups is 1. The molecular formula is C14H26N2O. The minimum atomic E-state index is 0.0535. The summed E-state index contributed by atoms with van der Waals surface area (Å²) in [4.78, 5) is 12.1. The maximum absolute atomic E-state index is 12.1. The first-order valence-corrected chi connectivity index (χ1v) is 7.31. The molecule has 0 radical (unpaired) electrons. The molecule has 0 spiro atoms. The first-order chi connectivity index (χ1) is 8.27. The van der Waals surface area contributed by atoms with Gasteiger partial charge in [0, 0.05) is 6.04 Å². The second kappa shape index (κ2) is 6.39. The van der Waals surface area contributed by atoms with E-state index < -0.39 is 0 Å². The van der Waals surface area contributed by atoms with E-state index >= 15 is 0 Å². The Kier molecular flexibility index (Phi) is 4.84. The van der Waals surface area contributed by atoms with Crippen LogP contribution in [-0.4, -0.2) is 24.5 Å². The van der Waals surface area contributed by atoms with Crippen LogP contribution in [0.5, 0.6) is 0 Å². The molecule has 1 saturated carbocycles. The Labute approximate surface area is 105 Å². The van der Waals surface area contributed by atoms with Gasteiger partial charge in [0.05, 0.1) is 6.04 Å². The largest absolute Gasteiger partial charge is 0.352 e. The van der Waals surface area contributed by atoms with Crippen LogP contribution < -0.4 is 10.6 Å².